The number of hydrogen-bond acceptors (Lipinski definition) is 3. The van der Waals surface area contributed by atoms with E-state index in [0.29, 0.717) is 6.10 Å². The molecular formula is C22H24O3. The fraction of sp³-hybridized carbons (Fsp3) is 0.364. The van der Waals surface area contributed by atoms with Crippen molar-refractivity contribution in [1.29, 1.82) is 0 Å². The summed E-state index contributed by atoms with van der Waals surface area (Å²) in [5.41, 5.74) is 0.894. The number of epoxide rings is 1. The molecule has 3 heteroatoms. The van der Waals surface area contributed by atoms with Crippen LogP contribution in [0.5, 0.6) is 11.5 Å². The van der Waals surface area contributed by atoms with Gasteiger partial charge in [0.05, 0.1) is 13.2 Å². The normalized spacial score (nSPS) is 25.6. The van der Waals surface area contributed by atoms with E-state index in [1.807, 2.05) is 42.5 Å². The Hall–Kier alpha value is -2.26. The molecule has 4 rings (SSSR count). The van der Waals surface area contributed by atoms with Gasteiger partial charge in [-0.25, -0.2) is 0 Å². The molecule has 2 aromatic rings. The summed E-state index contributed by atoms with van der Waals surface area (Å²) >= 11 is 0. The lowest BCUT2D eigenvalue weighted by Gasteiger charge is -2.18. The Kier molecular flexibility index (Phi) is 4.50. The Balaban J connectivity index is 1.65. The molecule has 130 valence electrons. The molecule has 0 spiro atoms. The van der Waals surface area contributed by atoms with E-state index in [1.165, 1.54) is 19.3 Å². The van der Waals surface area contributed by atoms with Gasteiger partial charge in [0, 0.05) is 0 Å². The molecular weight excluding hydrogens is 312 g/mol. The molecule has 2 aromatic carbocycles. The quantitative estimate of drug-likeness (QED) is 0.554. The summed E-state index contributed by atoms with van der Waals surface area (Å²) in [6.45, 7) is 0. The summed E-state index contributed by atoms with van der Waals surface area (Å²) in [5.74, 6) is 2.57. The van der Waals surface area contributed by atoms with Gasteiger partial charge in [-0.15, -0.1) is 0 Å². The van der Waals surface area contributed by atoms with Crippen molar-refractivity contribution < 1.29 is 14.2 Å². The number of benzene rings is 2. The standard InChI is InChI=1S/C22H24O3/c1-23-18-11-13-19(14-12-18)24-21(16-17-8-4-2-5-9-17)22-15-7-3-6-10-20(22)25-22/h2,4-5,8-9,11-14,16,20H,3,6-7,10,15H2,1H3/b21-16-/t20-,22+/m1/s1. The number of ether oxygens (including phenoxy) is 3. The van der Waals surface area contributed by atoms with Crippen molar-refractivity contribution in [3.63, 3.8) is 0 Å². The van der Waals surface area contributed by atoms with Crippen LogP contribution in [0.3, 0.4) is 0 Å². The van der Waals surface area contributed by atoms with Crippen LogP contribution in [-0.2, 0) is 4.74 Å². The van der Waals surface area contributed by atoms with Gasteiger partial charge >= 0.3 is 0 Å². The molecule has 25 heavy (non-hydrogen) atoms. The zero-order chi connectivity index (χ0) is 17.1. The first-order valence-corrected chi connectivity index (χ1v) is 9.07. The zero-order valence-electron chi connectivity index (χ0n) is 14.6. The highest BCUT2D eigenvalue weighted by Gasteiger charge is 2.60. The van der Waals surface area contributed by atoms with Crippen molar-refractivity contribution in [1.82, 2.24) is 0 Å². The Labute approximate surface area is 149 Å². The highest BCUT2D eigenvalue weighted by atomic mass is 16.6. The molecule has 1 heterocycles. The minimum atomic E-state index is -0.244. The van der Waals surface area contributed by atoms with Crippen LogP contribution < -0.4 is 9.47 Å². The Morgan fingerprint density at radius 1 is 1.00 bits per heavy atom. The summed E-state index contributed by atoms with van der Waals surface area (Å²) in [5, 5.41) is 0. The first kappa shape index (κ1) is 16.2. The average molecular weight is 336 g/mol. The number of hydrogen-bond donors (Lipinski definition) is 0. The van der Waals surface area contributed by atoms with Crippen LogP contribution in [0.4, 0.5) is 0 Å². The van der Waals surface area contributed by atoms with Gasteiger partial charge in [-0.2, -0.15) is 0 Å². The van der Waals surface area contributed by atoms with Crippen molar-refractivity contribution in [2.45, 2.75) is 43.8 Å². The van der Waals surface area contributed by atoms with Gasteiger partial charge in [0.1, 0.15) is 17.3 Å². The third-order valence-electron chi connectivity index (χ3n) is 5.13. The SMILES string of the molecule is COc1ccc(O/C(=C\c2ccccc2)[C@]23CCCCC[C@H]2O3)cc1. The first-order valence-electron chi connectivity index (χ1n) is 9.07. The number of methoxy groups -OCH3 is 1. The third-order valence-corrected chi connectivity index (χ3v) is 5.13. The van der Waals surface area contributed by atoms with Crippen LogP contribution >= 0.6 is 0 Å². The molecule has 0 N–H and O–H groups in total. The van der Waals surface area contributed by atoms with E-state index in [1.54, 1.807) is 7.11 Å². The second kappa shape index (κ2) is 6.93. The highest BCUT2D eigenvalue weighted by molar-refractivity contribution is 5.56. The predicted molar refractivity (Wildman–Crippen MR) is 98.7 cm³/mol. The van der Waals surface area contributed by atoms with Crippen LogP contribution in [0, 0.1) is 0 Å². The maximum atomic E-state index is 6.34. The fourth-order valence-corrected chi connectivity index (χ4v) is 3.68. The first-order chi connectivity index (χ1) is 12.3. The second-order valence-electron chi connectivity index (χ2n) is 6.79. The molecule has 0 unspecified atom stereocenters. The van der Waals surface area contributed by atoms with Crippen molar-refractivity contribution in [3.05, 3.63) is 65.9 Å². The van der Waals surface area contributed by atoms with E-state index in [4.69, 9.17) is 14.2 Å². The number of fused-ring (bicyclic) bond motifs is 1. The van der Waals surface area contributed by atoms with Gasteiger partial charge < -0.3 is 14.2 Å². The lowest BCUT2D eigenvalue weighted by atomic mass is 9.96. The lowest BCUT2D eigenvalue weighted by molar-refractivity contribution is 0.237. The van der Waals surface area contributed by atoms with Gasteiger partial charge in [-0.1, -0.05) is 43.2 Å². The van der Waals surface area contributed by atoms with Crippen molar-refractivity contribution in [3.8, 4) is 11.5 Å². The van der Waals surface area contributed by atoms with Crippen molar-refractivity contribution in [2.75, 3.05) is 7.11 Å². The molecule has 0 radical (unpaired) electrons. The van der Waals surface area contributed by atoms with E-state index >= 15 is 0 Å². The fourth-order valence-electron chi connectivity index (χ4n) is 3.68. The third kappa shape index (κ3) is 3.42. The summed E-state index contributed by atoms with van der Waals surface area (Å²) in [6.07, 6.45) is 8.30. The molecule has 2 fully saturated rings. The number of rotatable bonds is 5. The van der Waals surface area contributed by atoms with E-state index in [9.17, 15) is 0 Å². The topological polar surface area (TPSA) is 31.0 Å². The molecule has 2 atom stereocenters. The molecule has 1 aliphatic heterocycles. The molecule has 1 saturated carbocycles. The average Bonchev–Trinajstić information content (AvgIpc) is 3.38. The van der Waals surface area contributed by atoms with Gasteiger partial charge in [0.25, 0.3) is 0 Å². The van der Waals surface area contributed by atoms with E-state index in [-0.39, 0.29) is 5.60 Å². The van der Waals surface area contributed by atoms with Gasteiger partial charge in [0.2, 0.25) is 0 Å². The molecule has 0 aromatic heterocycles. The molecule has 2 aliphatic rings. The maximum Gasteiger partial charge on any atom is 0.152 e. The smallest absolute Gasteiger partial charge is 0.152 e. The molecule has 3 nitrogen and oxygen atoms in total. The van der Waals surface area contributed by atoms with Gasteiger partial charge in [-0.05, 0) is 55.2 Å². The summed E-state index contributed by atoms with van der Waals surface area (Å²) in [4.78, 5) is 0. The minimum absolute atomic E-state index is 0.244. The van der Waals surface area contributed by atoms with Crippen LogP contribution in [0.2, 0.25) is 0 Å². The molecule has 0 amide bonds. The van der Waals surface area contributed by atoms with Gasteiger partial charge in [0.15, 0.2) is 5.60 Å². The Morgan fingerprint density at radius 2 is 1.76 bits per heavy atom. The Bertz CT molecular complexity index is 736. The van der Waals surface area contributed by atoms with Crippen molar-refractivity contribution in [2.24, 2.45) is 0 Å². The zero-order valence-corrected chi connectivity index (χ0v) is 14.6. The van der Waals surface area contributed by atoms with E-state index in [0.717, 1.165) is 35.7 Å². The predicted octanol–water partition coefficient (Wildman–Crippen LogP) is 5.22. The minimum Gasteiger partial charge on any atom is -0.497 e. The van der Waals surface area contributed by atoms with Gasteiger partial charge in [-0.3, -0.25) is 0 Å². The Morgan fingerprint density at radius 3 is 2.52 bits per heavy atom. The maximum absolute atomic E-state index is 6.34. The summed E-state index contributed by atoms with van der Waals surface area (Å²) in [6, 6.07) is 18.1. The van der Waals surface area contributed by atoms with Crippen LogP contribution in [0.25, 0.3) is 6.08 Å². The summed E-state index contributed by atoms with van der Waals surface area (Å²) < 4.78 is 17.8. The van der Waals surface area contributed by atoms with E-state index in [2.05, 4.69) is 18.2 Å². The van der Waals surface area contributed by atoms with E-state index < -0.39 is 0 Å². The highest BCUT2D eigenvalue weighted by Crippen LogP contribution is 2.52. The van der Waals surface area contributed by atoms with Crippen LogP contribution in [0.1, 0.15) is 37.7 Å². The monoisotopic (exact) mass is 336 g/mol. The van der Waals surface area contributed by atoms with Crippen LogP contribution in [-0.4, -0.2) is 18.8 Å². The van der Waals surface area contributed by atoms with Crippen LogP contribution in [0.15, 0.2) is 60.4 Å². The second-order valence-corrected chi connectivity index (χ2v) is 6.79. The largest absolute Gasteiger partial charge is 0.497 e. The molecule has 1 saturated heterocycles. The molecule has 1 aliphatic carbocycles. The summed E-state index contributed by atoms with van der Waals surface area (Å²) in [7, 11) is 1.67. The lowest BCUT2D eigenvalue weighted by Crippen LogP contribution is -2.21. The van der Waals surface area contributed by atoms with Crippen molar-refractivity contribution >= 4 is 6.08 Å². The molecule has 0 bridgehead atoms.